The van der Waals surface area contributed by atoms with E-state index in [1.807, 2.05) is 0 Å². The Morgan fingerprint density at radius 3 is 2.36 bits per heavy atom. The molecule has 1 heterocycles. The third-order valence-corrected chi connectivity index (χ3v) is 3.43. The van der Waals surface area contributed by atoms with Gasteiger partial charge < -0.3 is 14.2 Å². The summed E-state index contributed by atoms with van der Waals surface area (Å²) in [4.78, 5) is 28.9. The predicted octanol–water partition coefficient (Wildman–Crippen LogP) is 2.50. The van der Waals surface area contributed by atoms with Crippen LogP contribution in [-0.4, -0.2) is 46.7 Å². The molecule has 0 bridgehead atoms. The number of methoxy groups -OCH3 is 1. The van der Waals surface area contributed by atoms with Gasteiger partial charge in [-0.2, -0.15) is 13.2 Å². The normalized spacial score (nSPS) is 11.2. The summed E-state index contributed by atoms with van der Waals surface area (Å²) in [5.74, 6) is -0.807. The molecule has 0 radical (unpaired) electrons. The Hall–Kier alpha value is -2.84. The molecule has 134 valence electrons. The highest BCUT2D eigenvalue weighted by Crippen LogP contribution is 2.19. The monoisotopic (exact) mass is 355 g/mol. The first kappa shape index (κ1) is 18.5. The zero-order valence-corrected chi connectivity index (χ0v) is 13.6. The highest BCUT2D eigenvalue weighted by molar-refractivity contribution is 5.96. The molecule has 0 N–H and O–H groups in total. The van der Waals surface area contributed by atoms with E-state index >= 15 is 0 Å². The summed E-state index contributed by atoms with van der Waals surface area (Å²) >= 11 is 0. The first-order chi connectivity index (χ1) is 11.7. The van der Waals surface area contributed by atoms with Crippen LogP contribution in [0.1, 0.15) is 26.5 Å². The van der Waals surface area contributed by atoms with Crippen LogP contribution in [0.2, 0.25) is 0 Å². The molecule has 1 amide bonds. The van der Waals surface area contributed by atoms with Crippen molar-refractivity contribution in [1.29, 1.82) is 0 Å². The van der Waals surface area contributed by atoms with Gasteiger partial charge in [0.15, 0.2) is 0 Å². The van der Waals surface area contributed by atoms with Crippen molar-refractivity contribution >= 4 is 11.9 Å². The Morgan fingerprint density at radius 1 is 1.20 bits per heavy atom. The van der Waals surface area contributed by atoms with Gasteiger partial charge in [0.2, 0.25) is 0 Å². The second-order valence-electron chi connectivity index (χ2n) is 5.32. The fourth-order valence-corrected chi connectivity index (χ4v) is 2.20. The maximum Gasteiger partial charge on any atom is 0.406 e. The lowest BCUT2D eigenvalue weighted by molar-refractivity contribution is -0.141. The number of hydrogen-bond acceptors (Lipinski definition) is 4. The number of nitrogens with zero attached hydrogens (tertiary/aromatic N) is 3. The van der Waals surface area contributed by atoms with E-state index in [1.165, 1.54) is 55.7 Å². The van der Waals surface area contributed by atoms with Crippen LogP contribution >= 0.6 is 0 Å². The molecule has 1 aromatic carbocycles. The maximum atomic E-state index is 12.5. The van der Waals surface area contributed by atoms with Crippen molar-refractivity contribution in [2.24, 2.45) is 0 Å². The maximum absolute atomic E-state index is 12.5. The topological polar surface area (TPSA) is 64.4 Å². The fourth-order valence-electron chi connectivity index (χ4n) is 2.20. The van der Waals surface area contributed by atoms with Crippen LogP contribution in [0.25, 0.3) is 0 Å². The first-order valence-electron chi connectivity index (χ1n) is 7.22. The molecule has 0 aliphatic rings. The number of carbonyl (C=O) groups excluding carboxylic acids is 2. The van der Waals surface area contributed by atoms with E-state index in [2.05, 4.69) is 9.72 Å². The summed E-state index contributed by atoms with van der Waals surface area (Å²) in [5.41, 5.74) is 0.589. The largest absolute Gasteiger partial charge is 0.465 e. The molecule has 0 aliphatic carbocycles. The molecule has 0 fully saturated rings. The van der Waals surface area contributed by atoms with Gasteiger partial charge in [-0.25, -0.2) is 9.78 Å². The van der Waals surface area contributed by atoms with Crippen LogP contribution < -0.4 is 0 Å². The Balaban J connectivity index is 2.08. The van der Waals surface area contributed by atoms with Gasteiger partial charge in [-0.1, -0.05) is 0 Å². The molecule has 0 atom stereocenters. The average molecular weight is 355 g/mol. The van der Waals surface area contributed by atoms with Crippen molar-refractivity contribution in [3.05, 3.63) is 53.6 Å². The summed E-state index contributed by atoms with van der Waals surface area (Å²) in [5, 5.41) is 0. The van der Waals surface area contributed by atoms with E-state index in [0.717, 1.165) is 4.57 Å². The first-order valence-corrected chi connectivity index (χ1v) is 7.22. The summed E-state index contributed by atoms with van der Waals surface area (Å²) in [6.45, 7) is -1.25. The van der Waals surface area contributed by atoms with Gasteiger partial charge in [0, 0.05) is 25.0 Å². The number of benzene rings is 1. The second kappa shape index (κ2) is 7.37. The summed E-state index contributed by atoms with van der Waals surface area (Å²) < 4.78 is 43.1. The minimum absolute atomic E-state index is 0.0827. The van der Waals surface area contributed by atoms with Gasteiger partial charge in [-0.3, -0.25) is 4.79 Å². The highest BCUT2D eigenvalue weighted by atomic mass is 19.4. The highest BCUT2D eigenvalue weighted by Gasteiger charge is 2.29. The minimum atomic E-state index is -4.37. The standard InChI is InChI=1S/C16H16F3N3O3/c1-21(9-13-20-7-8-22(13)10-16(17,18)19)14(23)11-3-5-12(6-4-11)15(24)25-2/h3-8H,9-10H2,1-2H3. The van der Waals surface area contributed by atoms with Crippen molar-refractivity contribution in [3.63, 3.8) is 0 Å². The lowest BCUT2D eigenvalue weighted by Gasteiger charge is -2.18. The molecule has 1 aromatic heterocycles. The van der Waals surface area contributed by atoms with Crippen molar-refractivity contribution in [1.82, 2.24) is 14.5 Å². The van der Waals surface area contributed by atoms with E-state index in [9.17, 15) is 22.8 Å². The Morgan fingerprint density at radius 2 is 1.80 bits per heavy atom. The summed E-state index contributed by atoms with van der Waals surface area (Å²) in [7, 11) is 2.71. The Labute approximate surface area is 141 Å². The number of imidazole rings is 1. The van der Waals surface area contributed by atoms with Crippen molar-refractivity contribution < 1.29 is 27.5 Å². The molecule has 0 spiro atoms. The number of esters is 1. The molecule has 0 saturated heterocycles. The Kier molecular flexibility index (Phi) is 5.45. The van der Waals surface area contributed by atoms with Crippen LogP contribution in [0.4, 0.5) is 13.2 Å². The van der Waals surface area contributed by atoms with Gasteiger partial charge in [0.05, 0.1) is 19.2 Å². The van der Waals surface area contributed by atoms with E-state index in [0.29, 0.717) is 11.1 Å². The average Bonchev–Trinajstić information content (AvgIpc) is 2.98. The van der Waals surface area contributed by atoms with E-state index in [-0.39, 0.29) is 12.4 Å². The number of halogens is 3. The quantitative estimate of drug-likeness (QED) is 0.773. The fraction of sp³-hybridized carbons (Fsp3) is 0.312. The summed E-state index contributed by atoms with van der Waals surface area (Å²) in [6.07, 6.45) is -1.90. The molecule has 6 nitrogen and oxygen atoms in total. The van der Waals surface area contributed by atoms with Crippen LogP contribution in [0.5, 0.6) is 0 Å². The van der Waals surface area contributed by atoms with Crippen LogP contribution in [0.15, 0.2) is 36.7 Å². The molecular weight excluding hydrogens is 339 g/mol. The third-order valence-electron chi connectivity index (χ3n) is 3.43. The third kappa shape index (κ3) is 4.82. The molecular formula is C16H16F3N3O3. The van der Waals surface area contributed by atoms with Crippen LogP contribution in [-0.2, 0) is 17.8 Å². The molecule has 0 saturated carbocycles. The van der Waals surface area contributed by atoms with Gasteiger partial charge in [-0.05, 0) is 24.3 Å². The van der Waals surface area contributed by atoms with Crippen molar-refractivity contribution in [2.75, 3.05) is 14.2 Å². The number of aromatic nitrogens is 2. The lowest BCUT2D eigenvalue weighted by Crippen LogP contribution is -2.29. The van der Waals surface area contributed by atoms with E-state index < -0.39 is 24.6 Å². The SMILES string of the molecule is COC(=O)c1ccc(C(=O)N(C)Cc2nccn2CC(F)(F)F)cc1. The molecule has 9 heteroatoms. The van der Waals surface area contributed by atoms with Gasteiger partial charge in [-0.15, -0.1) is 0 Å². The van der Waals surface area contributed by atoms with E-state index in [4.69, 9.17) is 0 Å². The van der Waals surface area contributed by atoms with Crippen molar-refractivity contribution in [2.45, 2.75) is 19.3 Å². The number of ether oxygens (including phenoxy) is 1. The number of rotatable bonds is 5. The van der Waals surface area contributed by atoms with Crippen LogP contribution in [0.3, 0.4) is 0 Å². The minimum Gasteiger partial charge on any atom is -0.465 e. The van der Waals surface area contributed by atoms with Gasteiger partial charge >= 0.3 is 12.1 Å². The number of alkyl halides is 3. The molecule has 2 aromatic rings. The van der Waals surface area contributed by atoms with Crippen LogP contribution in [0, 0.1) is 0 Å². The summed E-state index contributed by atoms with van der Waals surface area (Å²) in [6, 6.07) is 5.79. The number of amides is 1. The molecule has 0 aliphatic heterocycles. The second-order valence-corrected chi connectivity index (χ2v) is 5.32. The van der Waals surface area contributed by atoms with E-state index in [1.54, 1.807) is 0 Å². The molecule has 2 rings (SSSR count). The zero-order valence-electron chi connectivity index (χ0n) is 13.6. The molecule has 0 unspecified atom stereocenters. The Bertz CT molecular complexity index is 754. The molecule has 25 heavy (non-hydrogen) atoms. The number of carbonyl (C=O) groups is 2. The predicted molar refractivity (Wildman–Crippen MR) is 81.9 cm³/mol. The van der Waals surface area contributed by atoms with Gasteiger partial charge in [0.25, 0.3) is 5.91 Å². The smallest absolute Gasteiger partial charge is 0.406 e. The zero-order chi connectivity index (χ0) is 18.6. The van der Waals surface area contributed by atoms with Crippen molar-refractivity contribution in [3.8, 4) is 0 Å². The lowest BCUT2D eigenvalue weighted by atomic mass is 10.1. The number of hydrogen-bond donors (Lipinski definition) is 0. The van der Waals surface area contributed by atoms with Gasteiger partial charge in [0.1, 0.15) is 12.4 Å².